The van der Waals surface area contributed by atoms with Gasteiger partial charge in [0.05, 0.1) is 11.2 Å². The Morgan fingerprint density at radius 3 is 2.24 bits per heavy atom. The van der Waals surface area contributed by atoms with E-state index in [1.54, 1.807) is 0 Å². The summed E-state index contributed by atoms with van der Waals surface area (Å²) in [6.45, 7) is 8.11. The minimum atomic E-state index is -0.459. The molecule has 108 valence electrons. The average Bonchev–Trinajstić information content (AvgIpc) is 2.66. The molecule has 4 heteroatoms. The number of carbonyl (C=O) groups excluding carboxylic acids is 1. The first-order valence-electron chi connectivity index (χ1n) is 7.17. The lowest BCUT2D eigenvalue weighted by atomic mass is 9.75. The number of hydrogen-bond acceptors (Lipinski definition) is 3. The third-order valence-electron chi connectivity index (χ3n) is 4.56. The topological polar surface area (TPSA) is 35.5 Å². The highest BCUT2D eigenvalue weighted by molar-refractivity contribution is 6.65. The monoisotopic (exact) mass is 282 g/mol. The summed E-state index contributed by atoms with van der Waals surface area (Å²) in [5, 5.41) is 2.08. The van der Waals surface area contributed by atoms with Gasteiger partial charge in [0.1, 0.15) is 6.29 Å². The van der Waals surface area contributed by atoms with Crippen LogP contribution in [-0.2, 0) is 9.31 Å². The molecule has 3 nitrogen and oxygen atoms in total. The molecule has 1 fully saturated rings. The van der Waals surface area contributed by atoms with Gasteiger partial charge in [0.2, 0.25) is 0 Å². The van der Waals surface area contributed by atoms with Crippen LogP contribution in [0.4, 0.5) is 0 Å². The maximum absolute atomic E-state index is 11.2. The Morgan fingerprint density at radius 1 is 1.00 bits per heavy atom. The fourth-order valence-electron chi connectivity index (χ4n) is 2.60. The third kappa shape index (κ3) is 2.28. The molecule has 0 saturated carbocycles. The minimum Gasteiger partial charge on any atom is -0.399 e. The Balaban J connectivity index is 2.15. The highest BCUT2D eigenvalue weighted by atomic mass is 16.7. The van der Waals surface area contributed by atoms with Gasteiger partial charge in [0, 0.05) is 5.56 Å². The van der Waals surface area contributed by atoms with Crippen LogP contribution in [0.1, 0.15) is 38.1 Å². The number of carbonyl (C=O) groups is 1. The van der Waals surface area contributed by atoms with Crippen molar-refractivity contribution in [2.45, 2.75) is 38.9 Å². The van der Waals surface area contributed by atoms with Crippen LogP contribution >= 0.6 is 0 Å². The van der Waals surface area contributed by atoms with Gasteiger partial charge in [0.15, 0.2) is 0 Å². The Kier molecular flexibility index (Phi) is 3.19. The summed E-state index contributed by atoms with van der Waals surface area (Å²) in [4.78, 5) is 11.2. The molecule has 0 amide bonds. The molecule has 0 bridgehead atoms. The summed E-state index contributed by atoms with van der Waals surface area (Å²) in [5.74, 6) is 0. The molecule has 0 unspecified atom stereocenters. The van der Waals surface area contributed by atoms with Crippen molar-refractivity contribution in [2.24, 2.45) is 0 Å². The van der Waals surface area contributed by atoms with E-state index in [4.69, 9.17) is 9.31 Å². The summed E-state index contributed by atoms with van der Waals surface area (Å²) in [7, 11) is -0.459. The Hall–Kier alpha value is -1.65. The van der Waals surface area contributed by atoms with Crippen LogP contribution in [-0.4, -0.2) is 24.6 Å². The zero-order valence-electron chi connectivity index (χ0n) is 12.8. The Bertz CT molecular complexity index is 690. The van der Waals surface area contributed by atoms with Gasteiger partial charge >= 0.3 is 7.12 Å². The average molecular weight is 282 g/mol. The van der Waals surface area contributed by atoms with Crippen molar-refractivity contribution >= 4 is 29.6 Å². The standard InChI is InChI=1S/C17H19BO3/c1-16(2)17(3,4)21-18(20-16)15-10-12(11-19)9-13-7-5-6-8-14(13)15/h5-11H,1-4H3. The summed E-state index contributed by atoms with van der Waals surface area (Å²) < 4.78 is 12.2. The number of hydrogen-bond donors (Lipinski definition) is 0. The third-order valence-corrected chi connectivity index (χ3v) is 4.56. The minimum absolute atomic E-state index is 0.393. The van der Waals surface area contributed by atoms with E-state index in [1.807, 2.05) is 64.1 Å². The summed E-state index contributed by atoms with van der Waals surface area (Å²) in [6, 6.07) is 11.7. The van der Waals surface area contributed by atoms with E-state index >= 15 is 0 Å². The van der Waals surface area contributed by atoms with Gasteiger partial charge in [-0.25, -0.2) is 0 Å². The Labute approximate surface area is 125 Å². The van der Waals surface area contributed by atoms with Gasteiger partial charge in [0.25, 0.3) is 0 Å². The molecule has 0 atom stereocenters. The lowest BCUT2D eigenvalue weighted by Crippen LogP contribution is -2.41. The van der Waals surface area contributed by atoms with E-state index in [1.165, 1.54) is 0 Å². The highest BCUT2D eigenvalue weighted by Gasteiger charge is 2.52. The molecule has 1 saturated heterocycles. The van der Waals surface area contributed by atoms with Gasteiger partial charge in [-0.2, -0.15) is 0 Å². The maximum Gasteiger partial charge on any atom is 0.495 e. The molecule has 1 heterocycles. The van der Waals surface area contributed by atoms with E-state index in [2.05, 4.69) is 0 Å². The van der Waals surface area contributed by atoms with Crippen LogP contribution in [0.5, 0.6) is 0 Å². The van der Waals surface area contributed by atoms with E-state index in [0.717, 1.165) is 22.5 Å². The first-order chi connectivity index (χ1) is 9.84. The highest BCUT2D eigenvalue weighted by Crippen LogP contribution is 2.37. The smallest absolute Gasteiger partial charge is 0.399 e. The predicted molar refractivity (Wildman–Crippen MR) is 85.1 cm³/mol. The van der Waals surface area contributed by atoms with Crippen LogP contribution in [0.25, 0.3) is 10.8 Å². The molecule has 0 radical (unpaired) electrons. The fourth-order valence-corrected chi connectivity index (χ4v) is 2.60. The van der Waals surface area contributed by atoms with E-state index in [-0.39, 0.29) is 0 Å². The molecular formula is C17H19BO3. The molecule has 2 aromatic rings. The molecular weight excluding hydrogens is 263 g/mol. The lowest BCUT2D eigenvalue weighted by molar-refractivity contribution is 0.00578. The summed E-state index contributed by atoms with van der Waals surface area (Å²) in [5.41, 5.74) is 0.763. The van der Waals surface area contributed by atoms with Gasteiger partial charge in [-0.1, -0.05) is 30.3 Å². The molecule has 2 aromatic carbocycles. The van der Waals surface area contributed by atoms with Gasteiger partial charge in [-0.15, -0.1) is 0 Å². The second-order valence-electron chi connectivity index (χ2n) is 6.54. The summed E-state index contributed by atoms with van der Waals surface area (Å²) in [6.07, 6.45) is 0.862. The van der Waals surface area contributed by atoms with Crippen molar-refractivity contribution in [1.82, 2.24) is 0 Å². The maximum atomic E-state index is 11.2. The van der Waals surface area contributed by atoms with Crippen molar-refractivity contribution in [3.05, 3.63) is 42.0 Å². The number of aldehydes is 1. The Morgan fingerprint density at radius 2 is 1.62 bits per heavy atom. The number of rotatable bonds is 2. The van der Waals surface area contributed by atoms with Gasteiger partial charge in [-0.05, 0) is 50.0 Å². The predicted octanol–water partition coefficient (Wildman–Crippen LogP) is 2.95. The van der Waals surface area contributed by atoms with Crippen molar-refractivity contribution in [1.29, 1.82) is 0 Å². The first-order valence-corrected chi connectivity index (χ1v) is 7.17. The molecule has 0 aromatic heterocycles. The molecule has 0 N–H and O–H groups in total. The van der Waals surface area contributed by atoms with Gasteiger partial charge in [-0.3, -0.25) is 4.79 Å². The zero-order chi connectivity index (χ0) is 15.3. The SMILES string of the molecule is CC1(C)OB(c2cc(C=O)cc3ccccc23)OC1(C)C. The molecule has 21 heavy (non-hydrogen) atoms. The summed E-state index contributed by atoms with van der Waals surface area (Å²) >= 11 is 0. The van der Waals surface area contributed by atoms with Crippen molar-refractivity contribution in [3.8, 4) is 0 Å². The van der Waals surface area contributed by atoms with Crippen LogP contribution in [0, 0.1) is 0 Å². The van der Waals surface area contributed by atoms with Crippen molar-refractivity contribution < 1.29 is 14.1 Å². The lowest BCUT2D eigenvalue weighted by Gasteiger charge is -2.32. The largest absolute Gasteiger partial charge is 0.495 e. The fraction of sp³-hybridized carbons (Fsp3) is 0.353. The van der Waals surface area contributed by atoms with Crippen LogP contribution in [0.2, 0.25) is 0 Å². The quantitative estimate of drug-likeness (QED) is 0.627. The molecule has 1 aliphatic heterocycles. The van der Waals surface area contributed by atoms with E-state index < -0.39 is 18.3 Å². The second kappa shape index (κ2) is 4.68. The normalized spacial score (nSPS) is 19.9. The number of benzene rings is 2. The molecule has 1 aliphatic rings. The number of fused-ring (bicyclic) bond motifs is 1. The van der Waals surface area contributed by atoms with E-state index in [9.17, 15) is 4.79 Å². The van der Waals surface area contributed by atoms with Crippen LogP contribution in [0.3, 0.4) is 0 Å². The van der Waals surface area contributed by atoms with E-state index in [0.29, 0.717) is 5.56 Å². The van der Waals surface area contributed by atoms with Gasteiger partial charge < -0.3 is 9.31 Å². The first kappa shape index (κ1) is 14.3. The molecule has 0 spiro atoms. The van der Waals surface area contributed by atoms with Crippen molar-refractivity contribution in [3.63, 3.8) is 0 Å². The second-order valence-corrected chi connectivity index (χ2v) is 6.54. The zero-order valence-corrected chi connectivity index (χ0v) is 12.8. The molecule has 3 rings (SSSR count). The van der Waals surface area contributed by atoms with Crippen LogP contribution in [0.15, 0.2) is 36.4 Å². The van der Waals surface area contributed by atoms with Crippen LogP contribution < -0.4 is 5.46 Å². The molecule has 0 aliphatic carbocycles. The van der Waals surface area contributed by atoms with Crippen molar-refractivity contribution in [2.75, 3.05) is 0 Å².